The summed E-state index contributed by atoms with van der Waals surface area (Å²) in [4.78, 5) is 12.4. The smallest absolute Gasteiger partial charge is 0.143 e. The summed E-state index contributed by atoms with van der Waals surface area (Å²) in [5, 5.41) is 0. The molecule has 1 fully saturated rings. The first kappa shape index (κ1) is 10.6. The zero-order valence-corrected chi connectivity index (χ0v) is 10.1. The molecule has 1 saturated carbocycles. The first-order valence-corrected chi connectivity index (χ1v) is 7.11. The second-order valence-electron chi connectivity index (χ2n) is 5.81. The third kappa shape index (κ3) is 1.74. The second-order valence-corrected chi connectivity index (χ2v) is 5.81. The molecule has 1 nitrogen and oxygen atoms in total. The predicted octanol–water partition coefficient (Wildman–Crippen LogP) is 4.03. The normalized spacial score (nSPS) is 35.4. The number of rotatable bonds is 0. The number of fused-ring (bicyclic) bond motifs is 3. The summed E-state index contributed by atoms with van der Waals surface area (Å²) in [7, 11) is 0. The molecule has 2 unspecified atom stereocenters. The van der Waals surface area contributed by atoms with E-state index in [0.29, 0.717) is 17.6 Å². The van der Waals surface area contributed by atoms with Crippen LogP contribution in [-0.2, 0) is 4.79 Å². The molecule has 16 heavy (non-hydrogen) atoms. The van der Waals surface area contributed by atoms with E-state index in [2.05, 4.69) is 0 Å². The van der Waals surface area contributed by atoms with Gasteiger partial charge in [-0.3, -0.25) is 4.79 Å². The highest BCUT2D eigenvalue weighted by Crippen LogP contribution is 2.43. The van der Waals surface area contributed by atoms with Crippen molar-refractivity contribution in [1.29, 1.82) is 0 Å². The van der Waals surface area contributed by atoms with Crippen LogP contribution in [-0.4, -0.2) is 5.78 Å². The van der Waals surface area contributed by atoms with Gasteiger partial charge in [0.1, 0.15) is 5.78 Å². The molecule has 3 aliphatic rings. The maximum Gasteiger partial charge on any atom is 0.143 e. The summed E-state index contributed by atoms with van der Waals surface area (Å²) in [6.07, 6.45) is 12.6. The van der Waals surface area contributed by atoms with Crippen molar-refractivity contribution in [1.82, 2.24) is 0 Å². The van der Waals surface area contributed by atoms with E-state index < -0.39 is 0 Å². The average Bonchev–Trinajstić information content (AvgIpc) is 2.54. The third-order valence-corrected chi connectivity index (χ3v) is 4.89. The lowest BCUT2D eigenvalue weighted by Gasteiger charge is -2.27. The molecule has 0 N–H and O–H groups in total. The molecule has 0 aromatic heterocycles. The van der Waals surface area contributed by atoms with Crippen LogP contribution in [0.15, 0.2) is 11.1 Å². The molecule has 0 aliphatic heterocycles. The third-order valence-electron chi connectivity index (χ3n) is 4.89. The van der Waals surface area contributed by atoms with Gasteiger partial charge in [0, 0.05) is 11.8 Å². The summed E-state index contributed by atoms with van der Waals surface area (Å²) < 4.78 is 0. The molecular weight excluding hydrogens is 196 g/mol. The maximum atomic E-state index is 12.4. The molecule has 0 amide bonds. The Morgan fingerprint density at radius 3 is 2.62 bits per heavy atom. The Hall–Kier alpha value is -0.590. The number of hydrogen-bond acceptors (Lipinski definition) is 1. The summed E-state index contributed by atoms with van der Waals surface area (Å²) >= 11 is 0. The Morgan fingerprint density at radius 1 is 0.812 bits per heavy atom. The monoisotopic (exact) mass is 218 g/mol. The molecule has 0 spiro atoms. The number of hydrogen-bond donors (Lipinski definition) is 0. The van der Waals surface area contributed by atoms with Gasteiger partial charge in [-0.1, -0.05) is 24.0 Å². The number of allylic oxidation sites excluding steroid dienone is 2. The Bertz CT molecular complexity index is 326. The highest BCUT2D eigenvalue weighted by Gasteiger charge is 2.36. The van der Waals surface area contributed by atoms with Crippen LogP contribution in [0.5, 0.6) is 0 Å². The van der Waals surface area contributed by atoms with E-state index in [1.165, 1.54) is 51.4 Å². The van der Waals surface area contributed by atoms with Crippen molar-refractivity contribution in [3.05, 3.63) is 11.1 Å². The summed E-state index contributed by atoms with van der Waals surface area (Å²) in [5.41, 5.74) is 3.30. The van der Waals surface area contributed by atoms with Crippen molar-refractivity contribution in [3.8, 4) is 0 Å². The lowest BCUT2D eigenvalue weighted by Crippen LogP contribution is -2.28. The minimum absolute atomic E-state index is 0.356. The second kappa shape index (κ2) is 4.35. The summed E-state index contributed by atoms with van der Waals surface area (Å²) in [5.74, 6) is 1.39. The molecule has 3 aliphatic carbocycles. The molecule has 1 heteroatoms. The van der Waals surface area contributed by atoms with Crippen molar-refractivity contribution in [2.45, 2.75) is 64.2 Å². The van der Waals surface area contributed by atoms with Gasteiger partial charge in [-0.15, -0.1) is 0 Å². The van der Waals surface area contributed by atoms with E-state index >= 15 is 0 Å². The molecule has 88 valence electrons. The van der Waals surface area contributed by atoms with Crippen LogP contribution in [0.4, 0.5) is 0 Å². The van der Waals surface area contributed by atoms with E-state index in [1.807, 2.05) is 0 Å². The van der Waals surface area contributed by atoms with E-state index in [1.54, 1.807) is 11.1 Å². The van der Waals surface area contributed by atoms with Crippen molar-refractivity contribution < 1.29 is 4.79 Å². The Kier molecular flexibility index (Phi) is 2.87. The SMILES string of the molecule is O=C1C2CCCC1C1=C(CCCCC1)CC2. The van der Waals surface area contributed by atoms with Crippen LogP contribution in [0.1, 0.15) is 64.2 Å². The molecular formula is C15H22O. The fourth-order valence-electron chi connectivity index (χ4n) is 3.99. The fourth-order valence-corrected chi connectivity index (χ4v) is 3.99. The Morgan fingerprint density at radius 2 is 1.69 bits per heavy atom. The molecule has 0 heterocycles. The molecule has 0 aromatic carbocycles. The number of carbonyl (C=O) groups is 1. The van der Waals surface area contributed by atoms with Gasteiger partial charge in [0.15, 0.2) is 0 Å². The molecule has 0 radical (unpaired) electrons. The lowest BCUT2D eigenvalue weighted by molar-refractivity contribution is -0.127. The van der Waals surface area contributed by atoms with E-state index in [-0.39, 0.29) is 0 Å². The predicted molar refractivity (Wildman–Crippen MR) is 65.2 cm³/mol. The van der Waals surface area contributed by atoms with E-state index in [9.17, 15) is 4.79 Å². The Balaban J connectivity index is 1.94. The van der Waals surface area contributed by atoms with Gasteiger partial charge in [-0.2, -0.15) is 0 Å². The molecule has 2 atom stereocenters. The number of Topliss-reactive ketones (excluding diaryl/α,β-unsaturated/α-hetero) is 1. The quantitative estimate of drug-likeness (QED) is 0.561. The van der Waals surface area contributed by atoms with Crippen LogP contribution in [0.3, 0.4) is 0 Å². The zero-order valence-electron chi connectivity index (χ0n) is 10.1. The van der Waals surface area contributed by atoms with Crippen LogP contribution in [0.25, 0.3) is 0 Å². The maximum absolute atomic E-state index is 12.4. The van der Waals surface area contributed by atoms with Gasteiger partial charge in [-0.05, 0) is 51.4 Å². The standard InChI is InChI=1S/C15H22O/c16-15-12-6-4-8-14(15)13-7-3-1-2-5-11(13)9-10-12/h12,14H,1-10H2. The van der Waals surface area contributed by atoms with Gasteiger partial charge in [0.05, 0.1) is 0 Å². The minimum atomic E-state index is 0.356. The molecule has 3 rings (SSSR count). The first-order valence-electron chi connectivity index (χ1n) is 7.11. The highest BCUT2D eigenvalue weighted by atomic mass is 16.1. The van der Waals surface area contributed by atoms with Crippen molar-refractivity contribution in [2.24, 2.45) is 11.8 Å². The first-order chi connectivity index (χ1) is 7.86. The van der Waals surface area contributed by atoms with Gasteiger partial charge in [0.25, 0.3) is 0 Å². The van der Waals surface area contributed by atoms with Gasteiger partial charge in [0.2, 0.25) is 0 Å². The summed E-state index contributed by atoms with van der Waals surface area (Å²) in [6, 6.07) is 0. The van der Waals surface area contributed by atoms with Crippen molar-refractivity contribution >= 4 is 5.78 Å². The summed E-state index contributed by atoms with van der Waals surface area (Å²) in [6.45, 7) is 0. The molecule has 0 aromatic rings. The van der Waals surface area contributed by atoms with Gasteiger partial charge in [-0.25, -0.2) is 0 Å². The molecule has 2 bridgehead atoms. The topological polar surface area (TPSA) is 17.1 Å². The van der Waals surface area contributed by atoms with Crippen LogP contribution >= 0.6 is 0 Å². The highest BCUT2D eigenvalue weighted by molar-refractivity contribution is 5.87. The number of ketones is 1. The van der Waals surface area contributed by atoms with Crippen molar-refractivity contribution in [3.63, 3.8) is 0 Å². The van der Waals surface area contributed by atoms with Crippen LogP contribution in [0.2, 0.25) is 0 Å². The van der Waals surface area contributed by atoms with Gasteiger partial charge >= 0.3 is 0 Å². The Labute approximate surface area is 98.3 Å². The fraction of sp³-hybridized carbons (Fsp3) is 0.800. The van der Waals surface area contributed by atoms with Crippen LogP contribution in [0, 0.1) is 11.8 Å². The largest absolute Gasteiger partial charge is 0.299 e. The lowest BCUT2D eigenvalue weighted by atomic mass is 9.76. The van der Waals surface area contributed by atoms with Crippen LogP contribution < -0.4 is 0 Å². The molecule has 0 saturated heterocycles. The van der Waals surface area contributed by atoms with Crippen molar-refractivity contribution in [2.75, 3.05) is 0 Å². The number of carbonyl (C=O) groups excluding carboxylic acids is 1. The average molecular weight is 218 g/mol. The van der Waals surface area contributed by atoms with E-state index in [4.69, 9.17) is 0 Å². The zero-order chi connectivity index (χ0) is 11.0. The van der Waals surface area contributed by atoms with E-state index in [0.717, 1.165) is 12.8 Å². The minimum Gasteiger partial charge on any atom is -0.299 e. The van der Waals surface area contributed by atoms with Gasteiger partial charge < -0.3 is 0 Å².